The lowest BCUT2D eigenvalue weighted by atomic mass is 10.1. The topological polar surface area (TPSA) is 24.9 Å². The summed E-state index contributed by atoms with van der Waals surface area (Å²) >= 11 is 0. The van der Waals surface area contributed by atoms with Gasteiger partial charge in [-0.1, -0.05) is 43.3 Å². The van der Waals surface area contributed by atoms with E-state index in [0.29, 0.717) is 6.04 Å². The van der Waals surface area contributed by atoms with Crippen LogP contribution in [0.5, 0.6) is 11.5 Å². The van der Waals surface area contributed by atoms with Crippen molar-refractivity contribution in [1.29, 1.82) is 0 Å². The molecule has 3 rings (SSSR count). The van der Waals surface area contributed by atoms with Crippen LogP contribution in [0.2, 0.25) is 0 Å². The van der Waals surface area contributed by atoms with E-state index in [-0.39, 0.29) is 0 Å². The Kier molecular flexibility index (Phi) is 6.99. The van der Waals surface area contributed by atoms with Crippen molar-refractivity contribution in [3.05, 3.63) is 54.1 Å². The molecular formula is C23H32N2O2. The van der Waals surface area contributed by atoms with Crippen molar-refractivity contribution >= 4 is 5.69 Å². The molecule has 1 fully saturated rings. The molecule has 0 bridgehead atoms. The molecule has 1 heterocycles. The summed E-state index contributed by atoms with van der Waals surface area (Å²) in [6.45, 7) is 6.65. The van der Waals surface area contributed by atoms with Crippen LogP contribution in [0.4, 0.5) is 5.69 Å². The van der Waals surface area contributed by atoms with Gasteiger partial charge in [0.25, 0.3) is 0 Å². The Morgan fingerprint density at radius 1 is 0.963 bits per heavy atom. The number of ether oxygens (including phenoxy) is 2. The Hall–Kier alpha value is -2.20. The zero-order valence-electron chi connectivity index (χ0n) is 16.9. The maximum absolute atomic E-state index is 5.67. The summed E-state index contributed by atoms with van der Waals surface area (Å²) in [6.07, 6.45) is 3.49. The SMILES string of the molecule is CCC1CN(CCCc2ccccc2)CCN1c1cccc(OC)c1OC. The van der Waals surface area contributed by atoms with E-state index < -0.39 is 0 Å². The lowest BCUT2D eigenvalue weighted by Crippen LogP contribution is -2.53. The average molecular weight is 369 g/mol. The highest BCUT2D eigenvalue weighted by molar-refractivity contribution is 5.65. The Morgan fingerprint density at radius 3 is 2.48 bits per heavy atom. The highest BCUT2D eigenvalue weighted by Gasteiger charge is 2.28. The van der Waals surface area contributed by atoms with E-state index in [9.17, 15) is 0 Å². The molecule has 1 saturated heterocycles. The number of hydrogen-bond donors (Lipinski definition) is 0. The molecule has 2 aromatic rings. The average Bonchev–Trinajstić information content (AvgIpc) is 2.73. The molecule has 146 valence electrons. The molecule has 0 aliphatic carbocycles. The Bertz CT molecular complexity index is 705. The molecule has 1 aliphatic heterocycles. The first kappa shape index (κ1) is 19.6. The minimum Gasteiger partial charge on any atom is -0.493 e. The van der Waals surface area contributed by atoms with E-state index in [4.69, 9.17) is 9.47 Å². The van der Waals surface area contributed by atoms with E-state index in [1.807, 2.05) is 6.07 Å². The number of hydrogen-bond acceptors (Lipinski definition) is 4. The fourth-order valence-electron chi connectivity index (χ4n) is 4.04. The van der Waals surface area contributed by atoms with E-state index in [1.165, 1.54) is 12.0 Å². The van der Waals surface area contributed by atoms with Gasteiger partial charge in [0.2, 0.25) is 0 Å². The van der Waals surface area contributed by atoms with Crippen LogP contribution in [-0.4, -0.2) is 51.3 Å². The molecule has 0 aromatic heterocycles. The second kappa shape index (κ2) is 9.65. The standard InChI is InChI=1S/C23H32N2O2/c1-4-20-18-24(15-9-12-19-10-6-5-7-11-19)16-17-25(20)21-13-8-14-22(26-2)23(21)27-3/h5-8,10-11,13-14,20H,4,9,12,15-18H2,1-3H3. The second-order valence-corrected chi connectivity index (χ2v) is 7.16. The smallest absolute Gasteiger partial charge is 0.184 e. The molecule has 1 aliphatic rings. The predicted molar refractivity (Wildman–Crippen MR) is 112 cm³/mol. The van der Waals surface area contributed by atoms with Crippen LogP contribution in [0.25, 0.3) is 0 Å². The van der Waals surface area contributed by atoms with Crippen LogP contribution in [0, 0.1) is 0 Å². The van der Waals surface area contributed by atoms with Gasteiger partial charge in [-0.15, -0.1) is 0 Å². The van der Waals surface area contributed by atoms with Crippen LogP contribution in [-0.2, 0) is 6.42 Å². The minimum absolute atomic E-state index is 0.497. The van der Waals surface area contributed by atoms with Crippen LogP contribution in [0.15, 0.2) is 48.5 Å². The van der Waals surface area contributed by atoms with E-state index in [2.05, 4.69) is 59.2 Å². The van der Waals surface area contributed by atoms with Gasteiger partial charge < -0.3 is 14.4 Å². The maximum Gasteiger partial charge on any atom is 0.184 e. The lowest BCUT2D eigenvalue weighted by Gasteiger charge is -2.43. The first-order valence-corrected chi connectivity index (χ1v) is 10.0. The monoisotopic (exact) mass is 368 g/mol. The molecule has 1 unspecified atom stereocenters. The van der Waals surface area contributed by atoms with Gasteiger partial charge in [0.1, 0.15) is 0 Å². The molecule has 0 amide bonds. The van der Waals surface area contributed by atoms with Crippen molar-refractivity contribution in [3.63, 3.8) is 0 Å². The number of benzene rings is 2. The number of piperazine rings is 1. The van der Waals surface area contributed by atoms with Gasteiger partial charge in [0.15, 0.2) is 11.5 Å². The summed E-state index contributed by atoms with van der Waals surface area (Å²) in [4.78, 5) is 5.11. The van der Waals surface area contributed by atoms with Crippen molar-refractivity contribution < 1.29 is 9.47 Å². The van der Waals surface area contributed by atoms with Gasteiger partial charge in [-0.3, -0.25) is 4.90 Å². The predicted octanol–water partition coefficient (Wildman–Crippen LogP) is 4.24. The van der Waals surface area contributed by atoms with Crippen LogP contribution >= 0.6 is 0 Å². The fraction of sp³-hybridized carbons (Fsp3) is 0.478. The van der Waals surface area contributed by atoms with Crippen molar-refractivity contribution in [2.45, 2.75) is 32.2 Å². The summed E-state index contributed by atoms with van der Waals surface area (Å²) in [5.74, 6) is 1.64. The number of para-hydroxylation sites is 1. The molecule has 4 nitrogen and oxygen atoms in total. The summed E-state index contributed by atoms with van der Waals surface area (Å²) in [5, 5.41) is 0. The number of aryl methyl sites for hydroxylation is 1. The largest absolute Gasteiger partial charge is 0.493 e. The molecule has 2 aromatic carbocycles. The van der Waals surface area contributed by atoms with Gasteiger partial charge in [0.05, 0.1) is 19.9 Å². The van der Waals surface area contributed by atoms with Crippen molar-refractivity contribution in [1.82, 2.24) is 4.90 Å². The molecule has 0 radical (unpaired) electrons. The van der Waals surface area contributed by atoms with Crippen LogP contribution in [0.1, 0.15) is 25.3 Å². The molecule has 1 atom stereocenters. The number of methoxy groups -OCH3 is 2. The first-order chi connectivity index (χ1) is 13.3. The summed E-state index contributed by atoms with van der Waals surface area (Å²) in [6, 6.07) is 17.4. The second-order valence-electron chi connectivity index (χ2n) is 7.16. The summed E-state index contributed by atoms with van der Waals surface area (Å²) in [7, 11) is 3.42. The number of anilines is 1. The Morgan fingerprint density at radius 2 is 1.78 bits per heavy atom. The van der Waals surface area contributed by atoms with Crippen molar-refractivity contribution in [2.75, 3.05) is 45.3 Å². The Balaban J connectivity index is 1.61. The normalized spacial score (nSPS) is 17.7. The van der Waals surface area contributed by atoms with Gasteiger partial charge in [-0.05, 0) is 43.5 Å². The van der Waals surface area contributed by atoms with Gasteiger partial charge in [-0.2, -0.15) is 0 Å². The quantitative estimate of drug-likeness (QED) is 0.696. The van der Waals surface area contributed by atoms with Gasteiger partial charge in [0, 0.05) is 25.7 Å². The molecule has 0 spiro atoms. The zero-order valence-corrected chi connectivity index (χ0v) is 16.9. The molecule has 0 N–H and O–H groups in total. The van der Waals surface area contributed by atoms with Crippen LogP contribution in [0.3, 0.4) is 0 Å². The van der Waals surface area contributed by atoms with Gasteiger partial charge >= 0.3 is 0 Å². The third-order valence-corrected chi connectivity index (χ3v) is 5.51. The van der Waals surface area contributed by atoms with Crippen molar-refractivity contribution in [2.24, 2.45) is 0 Å². The number of nitrogens with zero attached hydrogens (tertiary/aromatic N) is 2. The highest BCUT2D eigenvalue weighted by Crippen LogP contribution is 2.39. The first-order valence-electron chi connectivity index (χ1n) is 10.0. The minimum atomic E-state index is 0.497. The zero-order chi connectivity index (χ0) is 19.1. The van der Waals surface area contributed by atoms with Crippen LogP contribution < -0.4 is 14.4 Å². The van der Waals surface area contributed by atoms with Gasteiger partial charge in [-0.25, -0.2) is 0 Å². The van der Waals surface area contributed by atoms with E-state index >= 15 is 0 Å². The third kappa shape index (κ3) is 4.75. The fourth-order valence-corrected chi connectivity index (χ4v) is 4.04. The molecule has 4 heteroatoms. The molecule has 0 saturated carbocycles. The summed E-state index contributed by atoms with van der Waals surface area (Å²) < 4.78 is 11.2. The third-order valence-electron chi connectivity index (χ3n) is 5.51. The number of rotatable bonds is 8. The van der Waals surface area contributed by atoms with E-state index in [1.54, 1.807) is 14.2 Å². The van der Waals surface area contributed by atoms with E-state index in [0.717, 1.165) is 56.2 Å². The maximum atomic E-state index is 5.67. The molecule has 27 heavy (non-hydrogen) atoms. The Labute approximate surface area is 163 Å². The lowest BCUT2D eigenvalue weighted by molar-refractivity contribution is 0.216. The highest BCUT2D eigenvalue weighted by atomic mass is 16.5. The molecular weight excluding hydrogens is 336 g/mol. The summed E-state index contributed by atoms with van der Waals surface area (Å²) in [5.41, 5.74) is 2.58. The van der Waals surface area contributed by atoms with Crippen molar-refractivity contribution in [3.8, 4) is 11.5 Å².